The van der Waals surface area contributed by atoms with Crippen LogP contribution in [0.5, 0.6) is 0 Å². The van der Waals surface area contributed by atoms with Crippen LogP contribution in [0.1, 0.15) is 29.0 Å². The Hall–Kier alpha value is -3.22. The molecule has 1 atom stereocenters. The second-order valence-electron chi connectivity index (χ2n) is 8.10. The summed E-state index contributed by atoms with van der Waals surface area (Å²) in [6, 6.07) is 9.27. The first kappa shape index (κ1) is 23.9. The number of hydrogen-bond donors (Lipinski definition) is 0. The number of methoxy groups -OCH3 is 1. The minimum atomic E-state index is -3.79. The molecule has 182 valence electrons. The molecular weight excluding hydrogens is 466 g/mol. The van der Waals surface area contributed by atoms with Crippen molar-refractivity contribution in [1.82, 2.24) is 9.21 Å². The smallest absolute Gasteiger partial charge is 0.354 e. The van der Waals surface area contributed by atoms with Crippen molar-refractivity contribution in [3.63, 3.8) is 0 Å². The van der Waals surface area contributed by atoms with Gasteiger partial charge in [-0.3, -0.25) is 14.5 Å². The predicted molar refractivity (Wildman–Crippen MR) is 118 cm³/mol. The third kappa shape index (κ3) is 3.67. The van der Waals surface area contributed by atoms with Crippen molar-refractivity contribution < 1.29 is 36.7 Å². The van der Waals surface area contributed by atoms with E-state index in [1.165, 1.54) is 43.1 Å². The van der Waals surface area contributed by atoms with Crippen molar-refractivity contribution in [2.75, 3.05) is 39.3 Å². The maximum atomic E-state index is 13.5. The Bertz CT molecular complexity index is 1240. The summed E-state index contributed by atoms with van der Waals surface area (Å²) in [5, 5.41) is -0.289. The summed E-state index contributed by atoms with van der Waals surface area (Å²) in [7, 11) is 0.422. The van der Waals surface area contributed by atoms with E-state index in [2.05, 4.69) is 0 Å². The predicted octanol–water partition coefficient (Wildman–Crippen LogP) is 1.20. The number of esters is 1. The van der Waals surface area contributed by atoms with Gasteiger partial charge in [-0.1, -0.05) is 12.1 Å². The first-order valence-corrected chi connectivity index (χ1v) is 12.0. The first-order chi connectivity index (χ1) is 16.1. The molecule has 2 amide bonds. The van der Waals surface area contributed by atoms with Crippen molar-refractivity contribution in [3.8, 4) is 0 Å². The van der Waals surface area contributed by atoms with Gasteiger partial charge in [0.25, 0.3) is 15.9 Å². The molecule has 4 rings (SSSR count). The van der Waals surface area contributed by atoms with E-state index < -0.39 is 27.6 Å². The van der Waals surface area contributed by atoms with E-state index in [0.29, 0.717) is 11.3 Å². The number of fused-ring (bicyclic) bond motifs is 3. The Morgan fingerprint density at radius 2 is 1.91 bits per heavy atom. The Kier molecular flexibility index (Phi) is 6.23. The number of rotatable bonds is 8. The lowest BCUT2D eigenvalue weighted by Gasteiger charge is -2.48. The van der Waals surface area contributed by atoms with E-state index in [-0.39, 0.29) is 49.4 Å². The fourth-order valence-corrected chi connectivity index (χ4v) is 5.05. The van der Waals surface area contributed by atoms with Crippen LogP contribution < -0.4 is 4.90 Å². The highest BCUT2D eigenvalue weighted by Gasteiger charge is 2.61. The molecule has 0 N–H and O–H groups in total. The SMILES string of the molecule is COCCN1C(=O)c2ccccc2N2C(=O)CCC12C(=O)OCc1ccc(S(=O)(=O)N(C)C)o1. The summed E-state index contributed by atoms with van der Waals surface area (Å²) in [4.78, 5) is 42.5. The lowest BCUT2D eigenvalue weighted by Crippen LogP contribution is -2.68. The van der Waals surface area contributed by atoms with Crippen molar-refractivity contribution in [2.45, 2.75) is 30.2 Å². The average Bonchev–Trinajstić information content (AvgIpc) is 3.43. The van der Waals surface area contributed by atoms with E-state index in [0.717, 1.165) is 4.31 Å². The second kappa shape index (κ2) is 8.85. The van der Waals surface area contributed by atoms with E-state index in [1.807, 2.05) is 0 Å². The Balaban J connectivity index is 1.66. The number of para-hydroxylation sites is 1. The third-order valence-electron chi connectivity index (χ3n) is 5.94. The second-order valence-corrected chi connectivity index (χ2v) is 10.2. The standard InChI is InChI=1S/C22H25N3O8S/c1-23(2)34(29,30)19-9-8-15(33-19)14-32-21(28)22-11-10-18(26)25(22)17-7-5-4-6-16(17)20(27)24(22)12-13-31-3/h4-9H,10-14H2,1-3H3. The fraction of sp³-hybridized carbons (Fsp3) is 0.409. The Morgan fingerprint density at radius 1 is 1.18 bits per heavy atom. The molecule has 2 aliphatic rings. The van der Waals surface area contributed by atoms with Crippen molar-refractivity contribution in [2.24, 2.45) is 0 Å². The summed E-state index contributed by atoms with van der Waals surface area (Å²) in [6.45, 7) is -0.164. The Morgan fingerprint density at radius 3 is 2.62 bits per heavy atom. The molecule has 12 heteroatoms. The molecule has 3 heterocycles. The zero-order chi connectivity index (χ0) is 24.7. The maximum Gasteiger partial charge on any atom is 0.354 e. The number of amides is 2. The number of benzene rings is 1. The van der Waals surface area contributed by atoms with E-state index in [4.69, 9.17) is 13.9 Å². The molecule has 1 fully saturated rings. The molecule has 0 spiro atoms. The maximum absolute atomic E-state index is 13.5. The van der Waals surface area contributed by atoms with Gasteiger partial charge in [0.05, 0.1) is 17.9 Å². The van der Waals surface area contributed by atoms with E-state index >= 15 is 0 Å². The van der Waals surface area contributed by atoms with Crippen LogP contribution in [0.2, 0.25) is 0 Å². The minimum absolute atomic E-state index is 0.0478. The lowest BCUT2D eigenvalue weighted by atomic mass is 9.96. The first-order valence-electron chi connectivity index (χ1n) is 10.6. The number of nitrogens with zero attached hydrogens (tertiary/aromatic N) is 3. The van der Waals surface area contributed by atoms with Crippen LogP contribution in [0.3, 0.4) is 0 Å². The molecule has 0 radical (unpaired) electrons. The van der Waals surface area contributed by atoms with Gasteiger partial charge >= 0.3 is 5.97 Å². The van der Waals surface area contributed by atoms with Gasteiger partial charge in [-0.05, 0) is 24.3 Å². The van der Waals surface area contributed by atoms with E-state index in [9.17, 15) is 22.8 Å². The highest BCUT2D eigenvalue weighted by atomic mass is 32.2. The number of sulfonamides is 1. The summed E-state index contributed by atoms with van der Waals surface area (Å²) in [5.41, 5.74) is -1.02. The van der Waals surface area contributed by atoms with Gasteiger partial charge in [0.2, 0.25) is 16.7 Å². The molecule has 0 bridgehead atoms. The zero-order valence-electron chi connectivity index (χ0n) is 19.0. The van der Waals surface area contributed by atoms with Crippen molar-refractivity contribution in [3.05, 3.63) is 47.7 Å². The van der Waals surface area contributed by atoms with Crippen LogP contribution in [0.25, 0.3) is 0 Å². The molecule has 1 aromatic heterocycles. The summed E-state index contributed by atoms with van der Waals surface area (Å²) >= 11 is 0. The molecule has 11 nitrogen and oxygen atoms in total. The van der Waals surface area contributed by atoms with Crippen LogP contribution in [0, 0.1) is 0 Å². The average molecular weight is 492 g/mol. The highest BCUT2D eigenvalue weighted by Crippen LogP contribution is 2.45. The van der Waals surface area contributed by atoms with Crippen molar-refractivity contribution in [1.29, 1.82) is 0 Å². The molecule has 0 aliphatic carbocycles. The molecule has 1 aromatic carbocycles. The van der Waals surface area contributed by atoms with Crippen LogP contribution in [0.4, 0.5) is 5.69 Å². The van der Waals surface area contributed by atoms with E-state index in [1.54, 1.807) is 24.3 Å². The minimum Gasteiger partial charge on any atom is -0.454 e. The summed E-state index contributed by atoms with van der Waals surface area (Å²) in [6.07, 6.45) is 0.0963. The van der Waals surface area contributed by atoms with Gasteiger partial charge in [0.15, 0.2) is 0 Å². The van der Waals surface area contributed by atoms with Gasteiger partial charge < -0.3 is 18.8 Å². The monoisotopic (exact) mass is 491 g/mol. The molecule has 0 saturated carbocycles. The normalized spacial score (nSPS) is 20.0. The summed E-state index contributed by atoms with van der Waals surface area (Å²) < 4.78 is 41.5. The number of carbonyl (C=O) groups is 3. The van der Waals surface area contributed by atoms with Gasteiger partial charge in [0.1, 0.15) is 12.4 Å². The number of anilines is 1. The van der Waals surface area contributed by atoms with Gasteiger partial charge in [-0.25, -0.2) is 17.5 Å². The molecular formula is C22H25N3O8S. The highest BCUT2D eigenvalue weighted by molar-refractivity contribution is 7.88. The van der Waals surface area contributed by atoms with Crippen LogP contribution in [0.15, 0.2) is 45.9 Å². The van der Waals surface area contributed by atoms with Crippen LogP contribution in [-0.2, 0) is 35.7 Å². The Labute approximate surface area is 196 Å². The lowest BCUT2D eigenvalue weighted by molar-refractivity contribution is -0.159. The molecule has 2 aromatic rings. The van der Waals surface area contributed by atoms with Crippen molar-refractivity contribution >= 4 is 33.5 Å². The quantitative estimate of drug-likeness (QED) is 0.504. The van der Waals surface area contributed by atoms with Crippen LogP contribution >= 0.6 is 0 Å². The molecule has 1 saturated heterocycles. The van der Waals surface area contributed by atoms with Gasteiger partial charge in [-0.15, -0.1) is 0 Å². The molecule has 34 heavy (non-hydrogen) atoms. The largest absolute Gasteiger partial charge is 0.454 e. The number of hydrogen-bond acceptors (Lipinski definition) is 8. The summed E-state index contributed by atoms with van der Waals surface area (Å²) in [5.74, 6) is -1.43. The number of ether oxygens (including phenoxy) is 2. The van der Waals surface area contributed by atoms with Gasteiger partial charge in [0, 0.05) is 40.6 Å². The topological polar surface area (TPSA) is 127 Å². The number of furan rings is 1. The fourth-order valence-electron chi connectivity index (χ4n) is 4.24. The molecule has 1 unspecified atom stereocenters. The zero-order valence-corrected chi connectivity index (χ0v) is 19.8. The molecule has 2 aliphatic heterocycles. The third-order valence-corrected chi connectivity index (χ3v) is 7.63. The number of carbonyl (C=O) groups excluding carboxylic acids is 3. The van der Waals surface area contributed by atoms with Gasteiger partial charge in [-0.2, -0.15) is 0 Å². The van der Waals surface area contributed by atoms with Crippen LogP contribution in [-0.4, -0.2) is 75.4 Å².